The zero-order valence-electron chi connectivity index (χ0n) is 10.4. The predicted octanol–water partition coefficient (Wildman–Crippen LogP) is 2.45. The Morgan fingerprint density at radius 2 is 1.80 bits per heavy atom. The van der Waals surface area contributed by atoms with Crippen molar-refractivity contribution in [1.82, 2.24) is 0 Å². The first-order valence-electron chi connectivity index (χ1n) is 5.78. The summed E-state index contributed by atoms with van der Waals surface area (Å²) in [6.07, 6.45) is -0.0797. The maximum absolute atomic E-state index is 11.7. The Hall–Kier alpha value is -2.89. The molecule has 2 rings (SSSR count). The van der Waals surface area contributed by atoms with Crippen LogP contribution in [0.2, 0.25) is 0 Å². The van der Waals surface area contributed by atoms with Crippen LogP contribution in [-0.4, -0.2) is 16.0 Å². The second-order valence-corrected chi connectivity index (χ2v) is 4.03. The van der Waals surface area contributed by atoms with Gasteiger partial charge in [0, 0.05) is 17.7 Å². The summed E-state index contributed by atoms with van der Waals surface area (Å²) in [5.74, 6) is -0.315. The number of para-hydroxylation sites is 1. The smallest absolute Gasteiger partial charge is 0.315 e. The molecule has 0 atom stereocenters. The third-order valence-electron chi connectivity index (χ3n) is 2.61. The highest BCUT2D eigenvalue weighted by molar-refractivity contribution is 5.76. The fourth-order valence-electron chi connectivity index (χ4n) is 1.62. The molecule has 1 N–H and O–H groups in total. The fourth-order valence-corrected chi connectivity index (χ4v) is 1.62. The van der Waals surface area contributed by atoms with Gasteiger partial charge in [-0.3, -0.25) is 14.9 Å². The van der Waals surface area contributed by atoms with Crippen LogP contribution < -0.4 is 4.74 Å². The number of ether oxygens (including phenoxy) is 1. The third-order valence-corrected chi connectivity index (χ3v) is 2.61. The minimum atomic E-state index is -0.555. The molecular weight excluding hydrogens is 262 g/mol. The lowest BCUT2D eigenvalue weighted by atomic mass is 10.1. The van der Waals surface area contributed by atoms with Crippen molar-refractivity contribution < 1.29 is 19.6 Å². The van der Waals surface area contributed by atoms with E-state index in [0.717, 1.165) is 0 Å². The van der Waals surface area contributed by atoms with E-state index in [1.165, 1.54) is 30.3 Å². The lowest BCUT2D eigenvalue weighted by molar-refractivity contribution is -0.384. The molecule has 20 heavy (non-hydrogen) atoms. The van der Waals surface area contributed by atoms with Crippen molar-refractivity contribution in [3.8, 4) is 11.5 Å². The molecule has 2 aromatic carbocycles. The molecule has 0 bridgehead atoms. The molecular formula is C14H11NO5. The van der Waals surface area contributed by atoms with E-state index in [9.17, 15) is 20.0 Å². The molecule has 0 radical (unpaired) electrons. The number of benzene rings is 2. The Bertz CT molecular complexity index is 636. The highest BCUT2D eigenvalue weighted by Crippen LogP contribution is 2.20. The van der Waals surface area contributed by atoms with E-state index in [2.05, 4.69) is 0 Å². The molecule has 0 unspecified atom stereocenters. The number of nitro benzene ring substituents is 1. The quantitative estimate of drug-likeness (QED) is 0.400. The fraction of sp³-hybridized carbons (Fsp3) is 0.0714. The zero-order valence-corrected chi connectivity index (χ0v) is 10.4. The number of carbonyl (C=O) groups is 1. The lowest BCUT2D eigenvalue weighted by Crippen LogP contribution is -2.11. The first-order chi connectivity index (χ1) is 9.56. The Labute approximate surface area is 114 Å². The van der Waals surface area contributed by atoms with Gasteiger partial charge in [-0.1, -0.05) is 18.2 Å². The molecule has 0 fully saturated rings. The summed E-state index contributed by atoms with van der Waals surface area (Å²) in [5, 5.41) is 20.0. The third kappa shape index (κ3) is 3.32. The van der Waals surface area contributed by atoms with Crippen LogP contribution in [0.25, 0.3) is 0 Å². The Morgan fingerprint density at radius 3 is 2.40 bits per heavy atom. The van der Waals surface area contributed by atoms with Crippen molar-refractivity contribution in [2.45, 2.75) is 6.42 Å². The van der Waals surface area contributed by atoms with Crippen molar-refractivity contribution in [2.75, 3.05) is 0 Å². The van der Waals surface area contributed by atoms with E-state index in [1.807, 2.05) is 0 Å². The van der Waals surface area contributed by atoms with Crippen LogP contribution in [0.3, 0.4) is 0 Å². The highest BCUT2D eigenvalue weighted by atomic mass is 16.6. The minimum Gasteiger partial charge on any atom is -0.508 e. The number of aromatic hydroxyl groups is 1. The number of carbonyl (C=O) groups excluding carboxylic acids is 1. The number of nitrogens with zero attached hydrogens (tertiary/aromatic N) is 1. The summed E-state index contributed by atoms with van der Waals surface area (Å²) in [5.41, 5.74) is 0.380. The Morgan fingerprint density at radius 1 is 1.15 bits per heavy atom. The first kappa shape index (κ1) is 13.5. The summed E-state index contributed by atoms with van der Waals surface area (Å²) in [6, 6.07) is 11.7. The van der Waals surface area contributed by atoms with Crippen molar-refractivity contribution in [2.24, 2.45) is 0 Å². The average Bonchev–Trinajstić information content (AvgIpc) is 2.42. The minimum absolute atomic E-state index is 0.0214. The molecule has 0 saturated carbocycles. The van der Waals surface area contributed by atoms with Gasteiger partial charge in [0.1, 0.15) is 11.5 Å². The van der Waals surface area contributed by atoms with Crippen molar-refractivity contribution in [1.29, 1.82) is 0 Å². The molecule has 0 spiro atoms. The molecule has 0 aliphatic rings. The van der Waals surface area contributed by atoms with Crippen molar-refractivity contribution in [3.05, 3.63) is 64.2 Å². The van der Waals surface area contributed by atoms with Crippen LogP contribution in [0, 0.1) is 10.1 Å². The topological polar surface area (TPSA) is 89.7 Å². The van der Waals surface area contributed by atoms with Gasteiger partial charge in [0.15, 0.2) is 0 Å². The lowest BCUT2D eigenvalue weighted by Gasteiger charge is -2.05. The standard InChI is InChI=1S/C14H11NO5/c16-13-4-2-1-3-10(13)9-14(17)20-12-7-5-11(6-8-12)15(18)19/h1-8,16H,9H2. The molecule has 0 aromatic heterocycles. The van der Waals surface area contributed by atoms with Gasteiger partial charge in [-0.05, 0) is 18.2 Å². The molecule has 2 aromatic rings. The predicted molar refractivity (Wildman–Crippen MR) is 70.5 cm³/mol. The van der Waals surface area contributed by atoms with E-state index < -0.39 is 10.9 Å². The van der Waals surface area contributed by atoms with Gasteiger partial charge in [-0.2, -0.15) is 0 Å². The first-order valence-corrected chi connectivity index (χ1v) is 5.78. The van der Waals surface area contributed by atoms with Crippen LogP contribution in [0.15, 0.2) is 48.5 Å². The molecule has 6 nitrogen and oxygen atoms in total. The number of hydrogen-bond acceptors (Lipinski definition) is 5. The highest BCUT2D eigenvalue weighted by Gasteiger charge is 2.11. The van der Waals surface area contributed by atoms with Crippen LogP contribution >= 0.6 is 0 Å². The van der Waals surface area contributed by atoms with Crippen LogP contribution in [-0.2, 0) is 11.2 Å². The van der Waals surface area contributed by atoms with Crippen molar-refractivity contribution in [3.63, 3.8) is 0 Å². The monoisotopic (exact) mass is 273 g/mol. The van der Waals surface area contributed by atoms with E-state index in [-0.39, 0.29) is 23.6 Å². The SMILES string of the molecule is O=C(Cc1ccccc1O)Oc1ccc([N+](=O)[O-])cc1. The van der Waals surface area contributed by atoms with E-state index in [1.54, 1.807) is 18.2 Å². The maximum atomic E-state index is 11.7. The summed E-state index contributed by atoms with van der Waals surface area (Å²) in [4.78, 5) is 21.6. The number of hydrogen-bond donors (Lipinski definition) is 1. The molecule has 0 aliphatic carbocycles. The largest absolute Gasteiger partial charge is 0.508 e. The van der Waals surface area contributed by atoms with Gasteiger partial charge in [0.25, 0.3) is 5.69 Å². The molecule has 0 heterocycles. The molecule has 0 aliphatic heterocycles. The summed E-state index contributed by atoms with van der Waals surface area (Å²) >= 11 is 0. The Kier molecular flexibility index (Phi) is 3.95. The molecule has 0 amide bonds. The van der Waals surface area contributed by atoms with Gasteiger partial charge in [0.05, 0.1) is 11.3 Å². The van der Waals surface area contributed by atoms with Crippen LogP contribution in [0.1, 0.15) is 5.56 Å². The van der Waals surface area contributed by atoms with Gasteiger partial charge in [-0.25, -0.2) is 0 Å². The second kappa shape index (κ2) is 5.83. The van der Waals surface area contributed by atoms with Crippen molar-refractivity contribution >= 4 is 11.7 Å². The van der Waals surface area contributed by atoms with Gasteiger partial charge >= 0.3 is 5.97 Å². The average molecular weight is 273 g/mol. The number of non-ortho nitro benzene ring substituents is 1. The van der Waals surface area contributed by atoms with E-state index >= 15 is 0 Å². The number of phenols is 1. The summed E-state index contributed by atoms with van der Waals surface area (Å²) in [6.45, 7) is 0. The number of rotatable bonds is 4. The number of nitro groups is 1. The second-order valence-electron chi connectivity index (χ2n) is 4.03. The molecule has 6 heteroatoms. The van der Waals surface area contributed by atoms with Crippen LogP contribution in [0.4, 0.5) is 5.69 Å². The summed E-state index contributed by atoms with van der Waals surface area (Å²) in [7, 11) is 0. The summed E-state index contributed by atoms with van der Waals surface area (Å²) < 4.78 is 5.04. The zero-order chi connectivity index (χ0) is 14.5. The van der Waals surface area contributed by atoms with Crippen LogP contribution in [0.5, 0.6) is 11.5 Å². The molecule has 102 valence electrons. The van der Waals surface area contributed by atoms with Gasteiger partial charge in [0.2, 0.25) is 0 Å². The number of esters is 1. The number of phenolic OH excluding ortho intramolecular Hbond substituents is 1. The van der Waals surface area contributed by atoms with E-state index in [4.69, 9.17) is 4.74 Å². The molecule has 0 saturated heterocycles. The van der Waals surface area contributed by atoms with Gasteiger partial charge < -0.3 is 9.84 Å². The normalized spacial score (nSPS) is 10.0. The maximum Gasteiger partial charge on any atom is 0.315 e. The van der Waals surface area contributed by atoms with Gasteiger partial charge in [-0.15, -0.1) is 0 Å². The van der Waals surface area contributed by atoms with E-state index in [0.29, 0.717) is 5.56 Å². The Balaban J connectivity index is 2.01.